The van der Waals surface area contributed by atoms with Crippen LogP contribution < -0.4 is 10.6 Å². The minimum Gasteiger partial charge on any atom is -0.381 e. The average Bonchev–Trinajstić information content (AvgIpc) is 3.25. The number of nitrogens with zero attached hydrogens (tertiary/aromatic N) is 1. The minimum absolute atomic E-state index is 0. The molecule has 1 saturated heterocycles. The van der Waals surface area contributed by atoms with E-state index in [9.17, 15) is 0 Å². The Hall–Kier alpha value is -0.0800. The number of ether oxygens (including phenoxy) is 2. The van der Waals surface area contributed by atoms with Gasteiger partial charge >= 0.3 is 0 Å². The molecule has 1 aliphatic heterocycles. The van der Waals surface area contributed by atoms with Crippen molar-refractivity contribution in [3.63, 3.8) is 0 Å². The number of hydrogen-bond acceptors (Lipinski definition) is 3. The summed E-state index contributed by atoms with van der Waals surface area (Å²) in [6.45, 7) is 10.0. The summed E-state index contributed by atoms with van der Waals surface area (Å²) in [4.78, 5) is 4.38. The Bertz CT molecular complexity index is 393. The largest absolute Gasteiger partial charge is 0.381 e. The molecule has 1 atom stereocenters. The molecule has 0 aromatic carbocycles. The molecule has 1 unspecified atom stereocenters. The first kappa shape index (κ1) is 24.0. The first-order chi connectivity index (χ1) is 12.1. The second kappa shape index (κ2) is 13.2. The summed E-state index contributed by atoms with van der Waals surface area (Å²) in [5, 5.41) is 7.00. The molecule has 2 N–H and O–H groups in total. The van der Waals surface area contributed by atoms with Crippen LogP contribution in [-0.4, -0.2) is 52.5 Å². The van der Waals surface area contributed by atoms with Gasteiger partial charge in [0.1, 0.15) is 0 Å². The lowest BCUT2D eigenvalue weighted by Gasteiger charge is -2.32. The lowest BCUT2D eigenvalue weighted by atomic mass is 9.78. The van der Waals surface area contributed by atoms with E-state index in [1.165, 1.54) is 32.1 Å². The van der Waals surface area contributed by atoms with Gasteiger partial charge in [0.15, 0.2) is 5.96 Å². The van der Waals surface area contributed by atoms with Gasteiger partial charge in [-0.3, -0.25) is 4.99 Å². The number of guanidine groups is 1. The summed E-state index contributed by atoms with van der Waals surface area (Å²) in [5.41, 5.74) is 0.470. The van der Waals surface area contributed by atoms with Crippen LogP contribution in [0.5, 0.6) is 0 Å². The van der Waals surface area contributed by atoms with Crippen molar-refractivity contribution in [1.29, 1.82) is 0 Å². The van der Waals surface area contributed by atoms with Gasteiger partial charge in [0.05, 0.1) is 13.2 Å². The molecule has 154 valence electrons. The van der Waals surface area contributed by atoms with Crippen molar-refractivity contribution in [2.75, 3.05) is 46.6 Å². The second-order valence-electron chi connectivity index (χ2n) is 8.32. The number of hydrogen-bond donors (Lipinski definition) is 2. The fourth-order valence-corrected chi connectivity index (χ4v) is 4.28. The van der Waals surface area contributed by atoms with Gasteiger partial charge in [-0.25, -0.2) is 0 Å². The first-order valence-corrected chi connectivity index (χ1v) is 10.2. The summed E-state index contributed by atoms with van der Waals surface area (Å²) >= 11 is 0. The molecule has 2 fully saturated rings. The molecular weight excluding hydrogens is 441 g/mol. The van der Waals surface area contributed by atoms with E-state index >= 15 is 0 Å². The Kier molecular flexibility index (Phi) is 12.1. The van der Waals surface area contributed by atoms with Crippen LogP contribution in [0.3, 0.4) is 0 Å². The normalized spacial score (nSPS) is 22.5. The van der Waals surface area contributed by atoms with Crippen LogP contribution in [0, 0.1) is 17.3 Å². The zero-order valence-electron chi connectivity index (χ0n) is 17.0. The predicted molar refractivity (Wildman–Crippen MR) is 119 cm³/mol. The van der Waals surface area contributed by atoms with Gasteiger partial charge in [0, 0.05) is 39.3 Å². The van der Waals surface area contributed by atoms with Gasteiger partial charge in [0.2, 0.25) is 0 Å². The lowest BCUT2D eigenvalue weighted by molar-refractivity contribution is 0.0888. The number of nitrogens with one attached hydrogen (secondary N) is 2. The van der Waals surface area contributed by atoms with Crippen LogP contribution in [0.25, 0.3) is 0 Å². The molecule has 26 heavy (non-hydrogen) atoms. The summed E-state index contributed by atoms with van der Waals surface area (Å²) in [7, 11) is 1.86. The van der Waals surface area contributed by atoms with Crippen LogP contribution in [-0.2, 0) is 9.47 Å². The Balaban J connectivity index is 0.00000338. The topological polar surface area (TPSA) is 54.9 Å². The maximum Gasteiger partial charge on any atom is 0.190 e. The number of aliphatic imine (C=N–C) groups is 1. The van der Waals surface area contributed by atoms with E-state index in [-0.39, 0.29) is 24.0 Å². The second-order valence-corrected chi connectivity index (χ2v) is 8.32. The van der Waals surface area contributed by atoms with Gasteiger partial charge in [-0.2, -0.15) is 0 Å². The number of halogens is 1. The fourth-order valence-electron chi connectivity index (χ4n) is 4.28. The van der Waals surface area contributed by atoms with Gasteiger partial charge in [-0.15, -0.1) is 24.0 Å². The quantitative estimate of drug-likeness (QED) is 0.216. The smallest absolute Gasteiger partial charge is 0.190 e. The first-order valence-electron chi connectivity index (χ1n) is 10.2. The zero-order chi connectivity index (χ0) is 18.0. The molecule has 2 aliphatic rings. The molecule has 1 heterocycles. The van der Waals surface area contributed by atoms with Crippen molar-refractivity contribution in [2.24, 2.45) is 22.2 Å². The molecule has 2 rings (SSSR count). The third kappa shape index (κ3) is 8.74. The fraction of sp³-hybridized carbons (Fsp3) is 0.950. The molecule has 1 aliphatic carbocycles. The molecule has 0 aromatic rings. The Morgan fingerprint density at radius 3 is 2.65 bits per heavy atom. The monoisotopic (exact) mass is 481 g/mol. The Labute approximate surface area is 177 Å². The predicted octanol–water partition coefficient (Wildman–Crippen LogP) is 3.82. The highest BCUT2D eigenvalue weighted by Crippen LogP contribution is 2.42. The molecule has 5 nitrogen and oxygen atoms in total. The van der Waals surface area contributed by atoms with Gasteiger partial charge < -0.3 is 20.1 Å². The van der Waals surface area contributed by atoms with Crippen LogP contribution in [0.4, 0.5) is 0 Å². The summed E-state index contributed by atoms with van der Waals surface area (Å²) in [5.74, 6) is 2.29. The highest BCUT2D eigenvalue weighted by Gasteiger charge is 2.34. The van der Waals surface area contributed by atoms with Crippen molar-refractivity contribution in [3.8, 4) is 0 Å². The van der Waals surface area contributed by atoms with Gasteiger partial charge in [-0.1, -0.05) is 26.7 Å². The van der Waals surface area contributed by atoms with Crippen LogP contribution in [0.2, 0.25) is 0 Å². The van der Waals surface area contributed by atoms with Gasteiger partial charge in [0.25, 0.3) is 0 Å². The van der Waals surface area contributed by atoms with Crippen LogP contribution in [0.1, 0.15) is 58.8 Å². The lowest BCUT2D eigenvalue weighted by Crippen LogP contribution is -2.43. The maximum absolute atomic E-state index is 5.75. The van der Waals surface area contributed by atoms with Crippen molar-refractivity contribution in [3.05, 3.63) is 0 Å². The summed E-state index contributed by atoms with van der Waals surface area (Å²) < 4.78 is 11.1. The Morgan fingerprint density at radius 2 is 2.04 bits per heavy atom. The van der Waals surface area contributed by atoms with E-state index in [0.29, 0.717) is 11.3 Å². The summed E-state index contributed by atoms with van der Waals surface area (Å²) in [6, 6.07) is 0. The molecule has 0 amide bonds. The van der Waals surface area contributed by atoms with Crippen molar-refractivity contribution in [2.45, 2.75) is 58.8 Å². The van der Waals surface area contributed by atoms with E-state index in [0.717, 1.165) is 64.2 Å². The molecular formula is C20H40IN3O2. The zero-order valence-corrected chi connectivity index (χ0v) is 19.3. The van der Waals surface area contributed by atoms with E-state index in [4.69, 9.17) is 9.47 Å². The van der Waals surface area contributed by atoms with E-state index in [1.807, 2.05) is 7.05 Å². The van der Waals surface area contributed by atoms with E-state index in [1.54, 1.807) is 0 Å². The van der Waals surface area contributed by atoms with Gasteiger partial charge in [-0.05, 0) is 43.4 Å². The van der Waals surface area contributed by atoms with Crippen LogP contribution in [0.15, 0.2) is 4.99 Å². The van der Waals surface area contributed by atoms with Crippen LogP contribution >= 0.6 is 24.0 Å². The third-order valence-corrected chi connectivity index (χ3v) is 5.50. The van der Waals surface area contributed by atoms with Crippen molar-refractivity contribution >= 4 is 29.9 Å². The molecule has 6 heteroatoms. The summed E-state index contributed by atoms with van der Waals surface area (Å²) in [6.07, 6.45) is 8.93. The maximum atomic E-state index is 5.75. The highest BCUT2D eigenvalue weighted by molar-refractivity contribution is 14.0. The SMILES string of the molecule is CN=C(NCCCOCC1CCOC1)NCC1(CC(C)C)CCCC1.I. The molecule has 0 bridgehead atoms. The van der Waals surface area contributed by atoms with Crippen molar-refractivity contribution in [1.82, 2.24) is 10.6 Å². The minimum atomic E-state index is 0. The molecule has 1 saturated carbocycles. The number of rotatable bonds is 10. The molecule has 0 aromatic heterocycles. The average molecular weight is 481 g/mol. The van der Waals surface area contributed by atoms with E-state index in [2.05, 4.69) is 29.5 Å². The van der Waals surface area contributed by atoms with Crippen molar-refractivity contribution < 1.29 is 9.47 Å². The molecule has 0 radical (unpaired) electrons. The third-order valence-electron chi connectivity index (χ3n) is 5.50. The highest BCUT2D eigenvalue weighted by atomic mass is 127. The molecule has 0 spiro atoms. The Morgan fingerprint density at radius 1 is 1.27 bits per heavy atom. The standard InChI is InChI=1S/C20H39N3O2.HI/c1-17(2)13-20(8-4-5-9-20)16-23-19(21-3)22-10-6-11-24-14-18-7-12-25-15-18;/h17-18H,4-16H2,1-3H3,(H2,21,22,23);1H. The van der Waals surface area contributed by atoms with E-state index < -0.39 is 0 Å².